The van der Waals surface area contributed by atoms with Crippen LogP contribution in [-0.4, -0.2) is 37.5 Å². The number of ether oxygens (including phenoxy) is 1. The largest absolute Gasteiger partial charge is 0.497 e. The van der Waals surface area contributed by atoms with Gasteiger partial charge in [-0.3, -0.25) is 4.79 Å². The van der Waals surface area contributed by atoms with Crippen molar-refractivity contribution in [1.82, 2.24) is 29.8 Å². The van der Waals surface area contributed by atoms with Gasteiger partial charge in [-0.05, 0) is 47.9 Å². The van der Waals surface area contributed by atoms with Gasteiger partial charge >= 0.3 is 0 Å². The van der Waals surface area contributed by atoms with Gasteiger partial charge in [0.05, 0.1) is 32.0 Å². The van der Waals surface area contributed by atoms with Crippen LogP contribution in [0.15, 0.2) is 55.1 Å². The van der Waals surface area contributed by atoms with Crippen LogP contribution in [0.4, 0.5) is 5.82 Å². The lowest BCUT2D eigenvalue weighted by Gasteiger charge is -2.07. The van der Waals surface area contributed by atoms with Crippen molar-refractivity contribution in [1.29, 1.82) is 0 Å². The number of hydrogen-bond acceptors (Lipinski definition) is 6. The Morgan fingerprint density at radius 2 is 2.09 bits per heavy atom. The Morgan fingerprint density at radius 1 is 1.20 bits per heavy atom. The predicted octanol–water partition coefficient (Wildman–Crippen LogP) is 3.85. The standard InChI is InChI=1S/C25H24ClN7O2/c1-35-20-4-2-3-15(7-20)5-6-21(34)28-11-19-10-16-8-18(26)9-17(22(16)32-19)12-33-14-31-23-24(27)29-13-30-25(23)33/h2-4,7-10,13-14,32H,5-6,11-12H2,1H3,(H,28,34)(H2,27,29,30). The number of nitrogens with two attached hydrogens (primary N) is 1. The maximum absolute atomic E-state index is 12.4. The zero-order valence-corrected chi connectivity index (χ0v) is 19.8. The molecule has 10 heteroatoms. The van der Waals surface area contributed by atoms with E-state index in [1.54, 1.807) is 13.4 Å². The summed E-state index contributed by atoms with van der Waals surface area (Å²) >= 11 is 6.40. The summed E-state index contributed by atoms with van der Waals surface area (Å²) in [4.78, 5) is 28.5. The lowest BCUT2D eigenvalue weighted by molar-refractivity contribution is -0.121. The molecule has 2 aromatic carbocycles. The normalized spacial score (nSPS) is 11.3. The Labute approximate surface area is 206 Å². The Kier molecular flexibility index (Phi) is 6.24. The Morgan fingerprint density at radius 3 is 2.94 bits per heavy atom. The molecule has 0 fully saturated rings. The van der Waals surface area contributed by atoms with Gasteiger partial charge in [0.1, 0.15) is 17.6 Å². The molecule has 1 amide bonds. The highest BCUT2D eigenvalue weighted by atomic mass is 35.5. The van der Waals surface area contributed by atoms with Crippen LogP contribution in [0.1, 0.15) is 23.2 Å². The van der Waals surface area contributed by atoms with Crippen LogP contribution >= 0.6 is 11.6 Å². The second-order valence-electron chi connectivity index (χ2n) is 8.26. The van der Waals surface area contributed by atoms with E-state index in [0.717, 1.165) is 33.5 Å². The molecule has 4 N–H and O–H groups in total. The molecule has 5 rings (SSSR count). The molecular formula is C25H24ClN7O2. The summed E-state index contributed by atoms with van der Waals surface area (Å²) in [5.74, 6) is 1.11. The average Bonchev–Trinajstić information content (AvgIpc) is 3.46. The maximum atomic E-state index is 12.4. The summed E-state index contributed by atoms with van der Waals surface area (Å²) in [5.41, 5.74) is 11.0. The number of imidazole rings is 1. The van der Waals surface area contributed by atoms with E-state index in [0.29, 0.717) is 47.9 Å². The highest BCUT2D eigenvalue weighted by Crippen LogP contribution is 2.26. The number of carbonyl (C=O) groups excluding carboxylic acids is 1. The van der Waals surface area contributed by atoms with E-state index < -0.39 is 0 Å². The first-order valence-corrected chi connectivity index (χ1v) is 11.5. The van der Waals surface area contributed by atoms with Gasteiger partial charge in [-0.1, -0.05) is 23.7 Å². The first-order chi connectivity index (χ1) is 17.0. The Hall–Kier alpha value is -4.11. The molecule has 0 aliphatic heterocycles. The number of methoxy groups -OCH3 is 1. The number of nitrogens with zero attached hydrogens (tertiary/aromatic N) is 4. The molecule has 3 aromatic heterocycles. The van der Waals surface area contributed by atoms with Gasteiger partial charge in [0.25, 0.3) is 0 Å². The number of aromatic amines is 1. The molecule has 0 radical (unpaired) electrons. The number of benzene rings is 2. The van der Waals surface area contributed by atoms with E-state index in [1.807, 2.05) is 47.0 Å². The zero-order valence-electron chi connectivity index (χ0n) is 19.1. The first kappa shape index (κ1) is 22.7. The minimum Gasteiger partial charge on any atom is -0.497 e. The molecule has 0 aliphatic carbocycles. The SMILES string of the molecule is COc1cccc(CCC(=O)NCc2cc3cc(Cl)cc(Cn4cnc5c(N)ncnc54)c3[nH]2)c1. The maximum Gasteiger partial charge on any atom is 0.220 e. The van der Waals surface area contributed by atoms with E-state index in [4.69, 9.17) is 22.1 Å². The van der Waals surface area contributed by atoms with E-state index >= 15 is 0 Å². The molecule has 0 aliphatic rings. The van der Waals surface area contributed by atoms with Gasteiger partial charge in [-0.2, -0.15) is 0 Å². The van der Waals surface area contributed by atoms with Crippen molar-refractivity contribution < 1.29 is 9.53 Å². The van der Waals surface area contributed by atoms with E-state index in [2.05, 4.69) is 25.3 Å². The molecule has 0 saturated heterocycles. The van der Waals surface area contributed by atoms with Crippen molar-refractivity contribution in [3.8, 4) is 5.75 Å². The molecule has 0 spiro atoms. The van der Waals surface area contributed by atoms with Crippen LogP contribution in [0.5, 0.6) is 5.75 Å². The molecule has 9 nitrogen and oxygen atoms in total. The van der Waals surface area contributed by atoms with Crippen molar-refractivity contribution in [2.45, 2.75) is 25.9 Å². The van der Waals surface area contributed by atoms with Gasteiger partial charge in [0, 0.05) is 22.5 Å². The lowest BCUT2D eigenvalue weighted by Crippen LogP contribution is -2.23. The van der Waals surface area contributed by atoms with Crippen molar-refractivity contribution in [2.24, 2.45) is 0 Å². The number of nitrogens with one attached hydrogen (secondary N) is 2. The summed E-state index contributed by atoms with van der Waals surface area (Å²) in [6.07, 6.45) is 4.15. The van der Waals surface area contributed by atoms with Crippen molar-refractivity contribution in [2.75, 3.05) is 12.8 Å². The van der Waals surface area contributed by atoms with Gasteiger partial charge < -0.3 is 25.3 Å². The fraction of sp³-hybridized carbons (Fsp3) is 0.200. The van der Waals surface area contributed by atoms with Crippen LogP contribution in [0.3, 0.4) is 0 Å². The third-order valence-electron chi connectivity index (χ3n) is 5.85. The zero-order chi connectivity index (χ0) is 24.4. The molecule has 0 saturated carbocycles. The predicted molar refractivity (Wildman–Crippen MR) is 135 cm³/mol. The van der Waals surface area contributed by atoms with Crippen LogP contribution in [0.2, 0.25) is 5.02 Å². The van der Waals surface area contributed by atoms with E-state index in [9.17, 15) is 4.79 Å². The Balaban J connectivity index is 1.29. The fourth-order valence-corrected chi connectivity index (χ4v) is 4.37. The Bertz CT molecular complexity index is 1530. The molecule has 0 bridgehead atoms. The lowest BCUT2D eigenvalue weighted by atomic mass is 10.1. The van der Waals surface area contributed by atoms with Gasteiger partial charge in [-0.25, -0.2) is 15.0 Å². The second-order valence-corrected chi connectivity index (χ2v) is 8.69. The van der Waals surface area contributed by atoms with E-state index in [1.165, 1.54) is 6.33 Å². The molecule has 0 unspecified atom stereocenters. The topological polar surface area (TPSA) is 124 Å². The minimum absolute atomic E-state index is 0.0214. The number of halogens is 1. The van der Waals surface area contributed by atoms with Gasteiger partial charge in [0.2, 0.25) is 5.91 Å². The van der Waals surface area contributed by atoms with E-state index in [-0.39, 0.29) is 5.91 Å². The van der Waals surface area contributed by atoms with Crippen molar-refractivity contribution >= 4 is 45.4 Å². The number of amides is 1. The van der Waals surface area contributed by atoms with Gasteiger partial charge in [-0.15, -0.1) is 0 Å². The molecule has 5 aromatic rings. The third-order valence-corrected chi connectivity index (χ3v) is 6.07. The number of fused-ring (bicyclic) bond motifs is 2. The van der Waals surface area contributed by atoms with Crippen LogP contribution in [0.25, 0.3) is 22.1 Å². The highest BCUT2D eigenvalue weighted by Gasteiger charge is 2.13. The summed E-state index contributed by atoms with van der Waals surface area (Å²) in [7, 11) is 1.63. The number of rotatable bonds is 8. The quantitative estimate of drug-likeness (QED) is 0.304. The molecule has 35 heavy (non-hydrogen) atoms. The second kappa shape index (κ2) is 9.63. The molecule has 3 heterocycles. The number of anilines is 1. The minimum atomic E-state index is -0.0214. The summed E-state index contributed by atoms with van der Waals surface area (Å²) in [5, 5.41) is 4.58. The highest BCUT2D eigenvalue weighted by molar-refractivity contribution is 6.31. The van der Waals surface area contributed by atoms with Crippen LogP contribution < -0.4 is 15.8 Å². The molecular weight excluding hydrogens is 466 g/mol. The number of H-pyrrole nitrogens is 1. The first-order valence-electron chi connectivity index (χ1n) is 11.1. The average molecular weight is 490 g/mol. The van der Waals surface area contributed by atoms with Crippen molar-refractivity contribution in [3.05, 3.63) is 77.0 Å². The number of aromatic nitrogens is 5. The van der Waals surface area contributed by atoms with Crippen LogP contribution in [0, 0.1) is 0 Å². The number of carbonyl (C=O) groups is 1. The molecule has 0 atom stereocenters. The monoisotopic (exact) mass is 489 g/mol. The van der Waals surface area contributed by atoms with Gasteiger partial charge in [0.15, 0.2) is 11.5 Å². The summed E-state index contributed by atoms with van der Waals surface area (Å²) in [6, 6.07) is 13.6. The third kappa shape index (κ3) is 4.90. The number of hydrogen-bond donors (Lipinski definition) is 3. The fourth-order valence-electron chi connectivity index (χ4n) is 4.12. The summed E-state index contributed by atoms with van der Waals surface area (Å²) in [6.45, 7) is 0.886. The van der Waals surface area contributed by atoms with Crippen LogP contribution in [-0.2, 0) is 24.3 Å². The number of aryl methyl sites for hydroxylation is 1. The number of nitrogen functional groups attached to an aromatic ring is 1. The summed E-state index contributed by atoms with van der Waals surface area (Å²) < 4.78 is 7.14. The van der Waals surface area contributed by atoms with Crippen molar-refractivity contribution in [3.63, 3.8) is 0 Å². The smallest absolute Gasteiger partial charge is 0.220 e. The molecule has 178 valence electrons.